The molecule has 0 aliphatic rings. The molecule has 0 rings (SSSR count). The summed E-state index contributed by atoms with van der Waals surface area (Å²) < 4.78 is 0. The lowest BCUT2D eigenvalue weighted by Crippen LogP contribution is -2.01. The fourth-order valence-corrected chi connectivity index (χ4v) is 7.87. The van der Waals surface area contributed by atoms with Crippen LogP contribution in [0.4, 0.5) is 0 Å². The molecule has 0 atom stereocenters. The lowest BCUT2D eigenvalue weighted by Gasteiger charge is -1.93. The summed E-state index contributed by atoms with van der Waals surface area (Å²) in [4.78, 5) is 0. The van der Waals surface area contributed by atoms with Crippen LogP contribution < -0.4 is 0 Å². The Morgan fingerprint density at radius 2 is 1.89 bits per heavy atom. The molecule has 0 aromatic rings. The molecular formula is C6H17ClSi2. The van der Waals surface area contributed by atoms with Gasteiger partial charge < -0.3 is 0 Å². The average molecular weight is 181 g/mol. The molecule has 0 unspecified atom stereocenters. The summed E-state index contributed by atoms with van der Waals surface area (Å²) in [5.41, 5.74) is 0. The molecule has 0 aliphatic heterocycles. The molecule has 0 saturated carbocycles. The van der Waals surface area contributed by atoms with Crippen LogP contribution in [0.5, 0.6) is 0 Å². The van der Waals surface area contributed by atoms with E-state index in [2.05, 4.69) is 6.92 Å². The molecule has 56 valence electrons. The van der Waals surface area contributed by atoms with Gasteiger partial charge in [-0.15, -0.1) is 11.6 Å². The molecule has 0 radical (unpaired) electrons. The summed E-state index contributed by atoms with van der Waals surface area (Å²) in [6, 6.07) is 3.12. The van der Waals surface area contributed by atoms with E-state index in [0.29, 0.717) is 18.1 Å². The van der Waals surface area contributed by atoms with E-state index in [-0.39, 0.29) is 0 Å². The Hall–Kier alpha value is 0.724. The van der Waals surface area contributed by atoms with Crippen molar-refractivity contribution in [1.82, 2.24) is 0 Å². The van der Waals surface area contributed by atoms with Crippen LogP contribution in [0, 0.1) is 0 Å². The second kappa shape index (κ2) is 8.72. The van der Waals surface area contributed by atoms with Gasteiger partial charge in [-0.1, -0.05) is 25.4 Å². The Labute approximate surface area is 67.8 Å². The lowest BCUT2D eigenvalue weighted by molar-refractivity contribution is 1.07. The number of hydrogen-bond donors (Lipinski definition) is 0. The quantitative estimate of drug-likeness (QED) is 0.327. The third-order valence-electron chi connectivity index (χ3n) is 1.49. The summed E-state index contributed by atoms with van der Waals surface area (Å²) in [6.07, 6.45) is 2.73. The summed E-state index contributed by atoms with van der Waals surface area (Å²) in [6.45, 7) is 2.29. The van der Waals surface area contributed by atoms with Crippen molar-refractivity contribution in [3.63, 3.8) is 0 Å². The van der Waals surface area contributed by atoms with Crippen LogP contribution in [0.1, 0.15) is 19.8 Å². The van der Waals surface area contributed by atoms with E-state index in [1.54, 1.807) is 6.04 Å². The van der Waals surface area contributed by atoms with Crippen molar-refractivity contribution >= 4 is 29.7 Å². The second-order valence-electron chi connectivity index (χ2n) is 2.46. The smallest absolute Gasteiger partial charge is 0.0220 e. The van der Waals surface area contributed by atoms with Gasteiger partial charge in [0, 0.05) is 24.0 Å². The van der Waals surface area contributed by atoms with Crippen molar-refractivity contribution in [1.29, 1.82) is 0 Å². The molecule has 3 heteroatoms. The predicted molar refractivity (Wildman–Crippen MR) is 52.3 cm³/mol. The zero-order valence-corrected chi connectivity index (χ0v) is 9.91. The number of rotatable bonds is 6. The van der Waals surface area contributed by atoms with Crippen molar-refractivity contribution in [2.75, 3.05) is 5.88 Å². The number of hydrogen-bond acceptors (Lipinski definition) is 0. The molecule has 0 amide bonds. The SMILES string of the molecule is CCC[SiH2][SiH2]CCCCl. The zero-order valence-electron chi connectivity index (χ0n) is 6.33. The van der Waals surface area contributed by atoms with Gasteiger partial charge in [0.2, 0.25) is 0 Å². The van der Waals surface area contributed by atoms with Crippen LogP contribution in [0.25, 0.3) is 0 Å². The molecule has 0 aromatic carbocycles. The minimum Gasteiger partial charge on any atom is -0.127 e. The molecule has 0 heterocycles. The van der Waals surface area contributed by atoms with E-state index in [4.69, 9.17) is 11.6 Å². The van der Waals surface area contributed by atoms with Gasteiger partial charge in [-0.25, -0.2) is 0 Å². The van der Waals surface area contributed by atoms with E-state index < -0.39 is 0 Å². The topological polar surface area (TPSA) is 0 Å². The van der Waals surface area contributed by atoms with Crippen molar-refractivity contribution in [3.8, 4) is 0 Å². The van der Waals surface area contributed by atoms with Crippen LogP contribution in [0.2, 0.25) is 12.1 Å². The second-order valence-corrected chi connectivity index (χ2v) is 9.91. The van der Waals surface area contributed by atoms with Crippen molar-refractivity contribution in [2.24, 2.45) is 0 Å². The molecular weight excluding hydrogens is 164 g/mol. The summed E-state index contributed by atoms with van der Waals surface area (Å²) in [7, 11) is 0.915. The Bertz CT molecular complexity index is 44.3. The molecule has 0 aliphatic carbocycles. The maximum Gasteiger partial charge on any atom is 0.0220 e. The van der Waals surface area contributed by atoms with Gasteiger partial charge in [-0.3, -0.25) is 0 Å². The Kier molecular flexibility index (Phi) is 9.43. The first-order valence-electron chi connectivity index (χ1n) is 3.97. The molecule has 0 spiro atoms. The van der Waals surface area contributed by atoms with Gasteiger partial charge in [0.15, 0.2) is 0 Å². The molecule has 0 nitrogen and oxygen atoms in total. The summed E-state index contributed by atoms with van der Waals surface area (Å²) >= 11 is 5.55. The maximum absolute atomic E-state index is 5.55. The van der Waals surface area contributed by atoms with Crippen LogP contribution in [0.15, 0.2) is 0 Å². The van der Waals surface area contributed by atoms with E-state index in [1.807, 2.05) is 0 Å². The fourth-order valence-electron chi connectivity index (χ4n) is 0.875. The van der Waals surface area contributed by atoms with E-state index in [0.717, 1.165) is 5.88 Å². The monoisotopic (exact) mass is 180 g/mol. The minimum absolute atomic E-state index is 0.444. The Morgan fingerprint density at radius 3 is 2.44 bits per heavy atom. The normalized spacial score (nSPS) is 12.7. The molecule has 0 N–H and O–H groups in total. The van der Waals surface area contributed by atoms with Gasteiger partial charge in [-0.2, -0.15) is 0 Å². The highest BCUT2D eigenvalue weighted by Crippen LogP contribution is 1.92. The fraction of sp³-hybridized carbons (Fsp3) is 1.00. The highest BCUT2D eigenvalue weighted by molar-refractivity contribution is 7.00. The predicted octanol–water partition coefficient (Wildman–Crippen LogP) is 1.11. The van der Waals surface area contributed by atoms with Gasteiger partial charge >= 0.3 is 0 Å². The van der Waals surface area contributed by atoms with Crippen molar-refractivity contribution < 1.29 is 0 Å². The van der Waals surface area contributed by atoms with Gasteiger partial charge in [0.25, 0.3) is 0 Å². The standard InChI is InChI=1S/C6H17ClSi2/c1-2-5-8-9-6-3-4-7/h2-6,8-9H2,1H3. The van der Waals surface area contributed by atoms with Crippen LogP contribution in [0.3, 0.4) is 0 Å². The molecule has 0 bridgehead atoms. The first-order chi connectivity index (χ1) is 4.41. The minimum atomic E-state index is 0.444. The molecule has 0 aromatic heterocycles. The largest absolute Gasteiger partial charge is 0.127 e. The van der Waals surface area contributed by atoms with Crippen LogP contribution in [-0.4, -0.2) is 24.0 Å². The van der Waals surface area contributed by atoms with E-state index in [9.17, 15) is 0 Å². The van der Waals surface area contributed by atoms with Gasteiger partial charge in [0.05, 0.1) is 0 Å². The summed E-state index contributed by atoms with van der Waals surface area (Å²) in [5.74, 6) is 0.896. The van der Waals surface area contributed by atoms with Gasteiger partial charge in [0.1, 0.15) is 0 Å². The highest BCUT2D eigenvalue weighted by atomic mass is 35.5. The van der Waals surface area contributed by atoms with Crippen molar-refractivity contribution in [3.05, 3.63) is 0 Å². The third kappa shape index (κ3) is 8.72. The first-order valence-corrected chi connectivity index (χ1v) is 10.5. The van der Waals surface area contributed by atoms with E-state index in [1.165, 1.54) is 18.9 Å². The van der Waals surface area contributed by atoms with Crippen LogP contribution in [-0.2, 0) is 0 Å². The molecule has 0 saturated heterocycles. The summed E-state index contributed by atoms with van der Waals surface area (Å²) in [5, 5.41) is 0. The first kappa shape index (κ1) is 9.72. The molecule has 9 heavy (non-hydrogen) atoms. The number of alkyl halides is 1. The Balaban J connectivity index is 2.60. The highest BCUT2D eigenvalue weighted by Gasteiger charge is 1.88. The van der Waals surface area contributed by atoms with Crippen LogP contribution >= 0.6 is 11.6 Å². The van der Waals surface area contributed by atoms with Crippen molar-refractivity contribution in [2.45, 2.75) is 31.9 Å². The van der Waals surface area contributed by atoms with Gasteiger partial charge in [-0.05, 0) is 6.42 Å². The molecule has 0 fully saturated rings. The zero-order chi connectivity index (χ0) is 6.95. The average Bonchev–Trinajstić information content (AvgIpc) is 1.89. The number of halogens is 1. The third-order valence-corrected chi connectivity index (χ3v) is 8.96. The van der Waals surface area contributed by atoms with E-state index >= 15 is 0 Å². The Morgan fingerprint density at radius 1 is 1.22 bits per heavy atom. The maximum atomic E-state index is 5.55. The lowest BCUT2D eigenvalue weighted by atomic mass is 10.6.